The van der Waals surface area contributed by atoms with Crippen LogP contribution in [0.15, 0.2) is 11.4 Å². The first-order valence-corrected chi connectivity index (χ1v) is 6.89. The Kier molecular flexibility index (Phi) is 2.91. The zero-order chi connectivity index (χ0) is 13.6. The van der Waals surface area contributed by atoms with Crippen LogP contribution in [-0.4, -0.2) is 26.9 Å². The molecule has 3 rings (SSSR count). The Morgan fingerprint density at radius 3 is 2.79 bits per heavy atom. The Labute approximate surface area is 118 Å². The third-order valence-electron chi connectivity index (χ3n) is 3.09. The van der Waals surface area contributed by atoms with E-state index in [4.69, 9.17) is 16.3 Å². The molecule has 7 heteroatoms. The lowest BCUT2D eigenvalue weighted by Gasteiger charge is -2.05. The molecule has 0 aliphatic carbocycles. The van der Waals surface area contributed by atoms with Gasteiger partial charge in [-0.05, 0) is 30.9 Å². The summed E-state index contributed by atoms with van der Waals surface area (Å²) in [6, 6.07) is 1.89. The van der Waals surface area contributed by atoms with Gasteiger partial charge in [0.05, 0.1) is 7.11 Å². The van der Waals surface area contributed by atoms with Gasteiger partial charge in [-0.25, -0.2) is 0 Å². The number of hydrogen-bond acceptors (Lipinski definition) is 5. The molecule has 0 unspecified atom stereocenters. The highest BCUT2D eigenvalue weighted by atomic mass is 35.5. The number of thiophene rings is 1. The second-order valence-corrected chi connectivity index (χ2v) is 5.39. The van der Waals surface area contributed by atoms with E-state index in [0.717, 1.165) is 21.8 Å². The van der Waals surface area contributed by atoms with Gasteiger partial charge in [0.1, 0.15) is 10.6 Å². The summed E-state index contributed by atoms with van der Waals surface area (Å²) in [5.74, 6) is 1.40. The number of hydrogen-bond donors (Lipinski definition) is 0. The maximum absolute atomic E-state index is 6.14. The lowest BCUT2D eigenvalue weighted by Crippen LogP contribution is -2.00. The molecule has 19 heavy (non-hydrogen) atoms. The van der Waals surface area contributed by atoms with Crippen LogP contribution in [0.25, 0.3) is 16.3 Å². The Morgan fingerprint density at radius 1 is 1.26 bits per heavy atom. The van der Waals surface area contributed by atoms with Gasteiger partial charge in [-0.15, -0.1) is 21.5 Å². The van der Waals surface area contributed by atoms with Crippen LogP contribution in [0.5, 0.6) is 5.75 Å². The molecule has 3 aromatic rings. The average molecular weight is 295 g/mol. The predicted octanol–water partition coefficient (Wildman–Crippen LogP) is 3.13. The summed E-state index contributed by atoms with van der Waals surface area (Å²) in [5.41, 5.74) is 2.62. The molecular weight excluding hydrogens is 284 g/mol. The largest absolute Gasteiger partial charge is 0.495 e. The molecule has 0 aliphatic heterocycles. The molecule has 0 aliphatic rings. The fourth-order valence-electron chi connectivity index (χ4n) is 1.86. The fraction of sp³-hybridized carbons (Fsp3) is 0.250. The third kappa shape index (κ3) is 1.79. The van der Waals surface area contributed by atoms with E-state index < -0.39 is 0 Å². The van der Waals surface area contributed by atoms with Crippen molar-refractivity contribution >= 4 is 28.6 Å². The monoisotopic (exact) mass is 294 g/mol. The lowest BCUT2D eigenvalue weighted by atomic mass is 10.2. The van der Waals surface area contributed by atoms with Crippen molar-refractivity contribution in [3.63, 3.8) is 0 Å². The molecule has 3 aromatic heterocycles. The summed E-state index contributed by atoms with van der Waals surface area (Å²) in [7, 11) is 1.63. The Hall–Kier alpha value is -1.66. The van der Waals surface area contributed by atoms with Crippen molar-refractivity contribution in [1.29, 1.82) is 0 Å². The zero-order valence-corrected chi connectivity index (χ0v) is 12.2. The van der Waals surface area contributed by atoms with Gasteiger partial charge in [0.15, 0.2) is 16.6 Å². The van der Waals surface area contributed by atoms with Crippen LogP contribution in [-0.2, 0) is 0 Å². The number of ether oxygens (including phenoxy) is 1. The molecule has 5 nitrogen and oxygen atoms in total. The van der Waals surface area contributed by atoms with Crippen molar-refractivity contribution in [2.75, 3.05) is 7.11 Å². The molecule has 0 atom stereocenters. The van der Waals surface area contributed by atoms with Crippen molar-refractivity contribution in [3.8, 4) is 16.5 Å². The van der Waals surface area contributed by atoms with E-state index in [2.05, 4.69) is 15.3 Å². The van der Waals surface area contributed by atoms with Gasteiger partial charge >= 0.3 is 0 Å². The number of halogens is 1. The van der Waals surface area contributed by atoms with E-state index in [-0.39, 0.29) is 0 Å². The minimum Gasteiger partial charge on any atom is -0.495 e. The molecular formula is C12H11ClN4OS. The molecule has 0 radical (unpaired) electrons. The lowest BCUT2D eigenvalue weighted by molar-refractivity contribution is 0.418. The first-order chi connectivity index (χ1) is 9.13. The van der Waals surface area contributed by atoms with Gasteiger partial charge in [0.2, 0.25) is 0 Å². The van der Waals surface area contributed by atoms with E-state index in [1.54, 1.807) is 11.6 Å². The second-order valence-electron chi connectivity index (χ2n) is 4.12. The van der Waals surface area contributed by atoms with Gasteiger partial charge in [0, 0.05) is 5.56 Å². The van der Waals surface area contributed by atoms with E-state index >= 15 is 0 Å². The number of methoxy groups -OCH3 is 1. The SMILES string of the molecule is COc1ccsc1-c1nnc2c(C)c(C)c(Cl)nn12. The molecule has 0 fully saturated rings. The maximum Gasteiger partial charge on any atom is 0.199 e. The standard InChI is InChI=1S/C12H11ClN4OS/c1-6-7(2)11-14-15-12(17(11)16-10(6)13)9-8(18-3)4-5-19-9/h4-5H,1-3H3. The third-order valence-corrected chi connectivity index (χ3v) is 4.34. The molecule has 0 N–H and O–H groups in total. The number of fused-ring (bicyclic) bond motifs is 1. The molecule has 0 amide bonds. The van der Waals surface area contributed by atoms with Crippen molar-refractivity contribution in [2.45, 2.75) is 13.8 Å². The minimum atomic E-state index is 0.460. The van der Waals surface area contributed by atoms with Crippen LogP contribution in [0.1, 0.15) is 11.1 Å². The summed E-state index contributed by atoms with van der Waals surface area (Å²) >= 11 is 7.67. The van der Waals surface area contributed by atoms with Crippen molar-refractivity contribution in [2.24, 2.45) is 0 Å². The van der Waals surface area contributed by atoms with Crippen molar-refractivity contribution in [3.05, 3.63) is 27.7 Å². The summed E-state index contributed by atoms with van der Waals surface area (Å²) in [4.78, 5) is 0.891. The minimum absolute atomic E-state index is 0.460. The van der Waals surface area contributed by atoms with Crippen LogP contribution in [0.2, 0.25) is 5.15 Å². The summed E-state index contributed by atoms with van der Waals surface area (Å²) in [6.45, 7) is 3.88. The summed E-state index contributed by atoms with van der Waals surface area (Å²) < 4.78 is 6.98. The molecule has 0 saturated heterocycles. The second kappa shape index (κ2) is 4.47. The van der Waals surface area contributed by atoms with E-state index in [9.17, 15) is 0 Å². The van der Waals surface area contributed by atoms with Gasteiger partial charge in [-0.2, -0.15) is 9.61 Å². The number of aromatic nitrogens is 4. The molecule has 0 bridgehead atoms. The number of nitrogens with zero attached hydrogens (tertiary/aromatic N) is 4. The average Bonchev–Trinajstić information content (AvgIpc) is 3.01. The van der Waals surface area contributed by atoms with Crippen LogP contribution in [0, 0.1) is 13.8 Å². The zero-order valence-electron chi connectivity index (χ0n) is 10.6. The van der Waals surface area contributed by atoms with E-state index in [1.165, 1.54) is 11.3 Å². The molecule has 0 spiro atoms. The molecule has 0 aromatic carbocycles. The Bertz CT molecular complexity index is 765. The Morgan fingerprint density at radius 2 is 2.05 bits per heavy atom. The molecule has 0 saturated carbocycles. The van der Waals surface area contributed by atoms with Crippen LogP contribution in [0.3, 0.4) is 0 Å². The smallest absolute Gasteiger partial charge is 0.199 e. The van der Waals surface area contributed by atoms with Crippen LogP contribution >= 0.6 is 22.9 Å². The van der Waals surface area contributed by atoms with Crippen LogP contribution < -0.4 is 4.74 Å². The summed E-state index contributed by atoms with van der Waals surface area (Å²) in [5, 5.41) is 15.1. The van der Waals surface area contributed by atoms with Crippen molar-refractivity contribution in [1.82, 2.24) is 19.8 Å². The topological polar surface area (TPSA) is 52.3 Å². The maximum atomic E-state index is 6.14. The Balaban J connectivity index is 2.32. The van der Waals surface area contributed by atoms with Gasteiger partial charge in [0.25, 0.3) is 0 Å². The molecule has 98 valence electrons. The fourth-order valence-corrected chi connectivity index (χ4v) is 2.90. The van der Waals surface area contributed by atoms with Crippen molar-refractivity contribution < 1.29 is 4.74 Å². The van der Waals surface area contributed by atoms with E-state index in [1.807, 2.05) is 25.3 Å². The normalized spacial score (nSPS) is 11.2. The number of rotatable bonds is 2. The summed E-state index contributed by atoms with van der Waals surface area (Å²) in [6.07, 6.45) is 0. The molecule has 3 heterocycles. The van der Waals surface area contributed by atoms with Crippen LogP contribution in [0.4, 0.5) is 0 Å². The first kappa shape index (κ1) is 12.4. The van der Waals surface area contributed by atoms with Gasteiger partial charge in [-0.1, -0.05) is 11.6 Å². The quantitative estimate of drug-likeness (QED) is 0.728. The number of aryl methyl sites for hydroxylation is 1. The van der Waals surface area contributed by atoms with Gasteiger partial charge in [-0.3, -0.25) is 0 Å². The highest BCUT2D eigenvalue weighted by molar-refractivity contribution is 7.13. The highest BCUT2D eigenvalue weighted by Crippen LogP contribution is 2.34. The first-order valence-electron chi connectivity index (χ1n) is 5.63. The van der Waals surface area contributed by atoms with E-state index in [0.29, 0.717) is 16.6 Å². The highest BCUT2D eigenvalue weighted by Gasteiger charge is 2.18. The van der Waals surface area contributed by atoms with Gasteiger partial charge < -0.3 is 4.74 Å². The predicted molar refractivity (Wildman–Crippen MR) is 75.1 cm³/mol.